The van der Waals surface area contributed by atoms with Crippen LogP contribution in [0.2, 0.25) is 0 Å². The molecule has 1 aliphatic heterocycles. The number of hydrogen-bond donors (Lipinski definition) is 2. The first-order chi connectivity index (χ1) is 23.7. The highest BCUT2D eigenvalue weighted by atomic mass is 16.5. The van der Waals surface area contributed by atoms with Gasteiger partial charge in [-0.05, 0) is 147 Å². The Morgan fingerprint density at radius 2 is 1.61 bits per heavy atom. The molecule has 3 unspecified atom stereocenters. The fourth-order valence-corrected chi connectivity index (χ4v) is 15.0. The van der Waals surface area contributed by atoms with Crippen LogP contribution in [-0.2, 0) is 9.53 Å². The molecule has 5 aliphatic carbocycles. The molecule has 6 aliphatic rings. The summed E-state index contributed by atoms with van der Waals surface area (Å²) < 4.78 is 6.39. The minimum atomic E-state index is -0.367. The molecule has 6 rings (SSSR count). The number of fused-ring (bicyclic) bond motifs is 7. The number of ether oxygens (including phenoxy) is 1. The van der Waals surface area contributed by atoms with Gasteiger partial charge in [0.25, 0.3) is 0 Å². The number of allylic oxidation sites excluding steroid dienone is 3. The van der Waals surface area contributed by atoms with E-state index in [1.165, 1.54) is 75.5 Å². The monoisotopic (exact) mass is 705 g/mol. The molecule has 0 radical (unpaired) electrons. The summed E-state index contributed by atoms with van der Waals surface area (Å²) in [7, 11) is 0. The van der Waals surface area contributed by atoms with E-state index < -0.39 is 0 Å². The van der Waals surface area contributed by atoms with E-state index in [-0.39, 0.29) is 34.1 Å². The zero-order valence-electron chi connectivity index (χ0n) is 34.4. The number of aliphatic hydroxyl groups is 1. The van der Waals surface area contributed by atoms with E-state index in [0.29, 0.717) is 58.8 Å². The maximum Gasteiger partial charge on any atom is 0.306 e. The molecule has 51 heavy (non-hydrogen) atoms. The number of likely N-dealkylation sites (N-methyl/N-ethyl adjacent to an activating group) is 1. The minimum Gasteiger partial charge on any atom is -0.513 e. The summed E-state index contributed by atoms with van der Waals surface area (Å²) in [4.78, 5) is 16.0. The summed E-state index contributed by atoms with van der Waals surface area (Å²) in [5, 5.41) is 13.5. The fraction of sp³-hybridized carbons (Fsp3) is 0.848. The molecule has 2 N–H and O–H groups in total. The first-order valence-electron chi connectivity index (χ1n) is 21.1. The number of nitrogens with one attached hydrogen (secondary N) is 1. The SMILES string of the molecule is C=C(O)CC(C)(C)CC(=O)OC1CC[C@]2(C)[C@H]3CCC4[C@H]5[C@H](C(=C)C)CC[C@]5(CC(=C)N5CCC(NCC)C5)CC[C@@]4(C)[C@]3(C)CC[C@H]2C1(C)C. The van der Waals surface area contributed by atoms with Gasteiger partial charge in [0, 0.05) is 36.7 Å². The van der Waals surface area contributed by atoms with Gasteiger partial charge in [0.05, 0.1) is 12.2 Å². The third-order valence-corrected chi connectivity index (χ3v) is 17.4. The van der Waals surface area contributed by atoms with Crippen molar-refractivity contribution in [1.82, 2.24) is 10.2 Å². The van der Waals surface area contributed by atoms with Crippen LogP contribution in [0.4, 0.5) is 0 Å². The Kier molecular flexibility index (Phi) is 10.3. The summed E-state index contributed by atoms with van der Waals surface area (Å²) in [5.74, 6) is 3.30. The summed E-state index contributed by atoms with van der Waals surface area (Å²) in [6.45, 7) is 38.0. The molecule has 5 heteroatoms. The summed E-state index contributed by atoms with van der Waals surface area (Å²) >= 11 is 0. The molecule has 0 amide bonds. The van der Waals surface area contributed by atoms with Gasteiger partial charge in [0.1, 0.15) is 6.10 Å². The van der Waals surface area contributed by atoms with E-state index in [1.54, 1.807) is 0 Å². The summed E-state index contributed by atoms with van der Waals surface area (Å²) in [6.07, 6.45) is 15.7. The van der Waals surface area contributed by atoms with Crippen molar-refractivity contribution >= 4 is 5.97 Å². The Balaban J connectivity index is 1.22. The zero-order chi connectivity index (χ0) is 37.4. The van der Waals surface area contributed by atoms with Crippen LogP contribution >= 0.6 is 0 Å². The topological polar surface area (TPSA) is 61.8 Å². The Morgan fingerprint density at radius 3 is 2.27 bits per heavy atom. The molecule has 1 heterocycles. The molecule has 0 aromatic rings. The van der Waals surface area contributed by atoms with Crippen LogP contribution in [0.1, 0.15) is 152 Å². The van der Waals surface area contributed by atoms with Gasteiger partial charge >= 0.3 is 5.97 Å². The van der Waals surface area contributed by atoms with Crippen LogP contribution in [0.3, 0.4) is 0 Å². The lowest BCUT2D eigenvalue weighted by Crippen LogP contribution is -2.66. The van der Waals surface area contributed by atoms with Crippen molar-refractivity contribution in [3.63, 3.8) is 0 Å². The molecule has 5 saturated carbocycles. The fourth-order valence-electron chi connectivity index (χ4n) is 15.0. The summed E-state index contributed by atoms with van der Waals surface area (Å²) in [5.41, 5.74) is 3.60. The van der Waals surface area contributed by atoms with Gasteiger partial charge < -0.3 is 20.1 Å². The highest BCUT2D eigenvalue weighted by molar-refractivity contribution is 5.70. The van der Waals surface area contributed by atoms with Crippen molar-refractivity contribution in [3.8, 4) is 0 Å². The standard InChI is InChI=1S/C46H76N2O3/c1-13-47-33-19-25-48(29-33)31(4)26-46-22-16-34(30(2)3)40(46)35-14-15-37-43(10)20-18-38(51-39(50)28-41(6,7)27-32(5)49)42(8,9)36(43)17-21-45(37,12)44(35,11)23-24-46/h33-38,40,47,49H,2,4-5,13-29H2,1,3,6-12H3/t33?,34-,35?,36-,37+,38?,40+,43-,44+,45+,46+/m0/s1. The third kappa shape index (κ3) is 6.48. The molecule has 288 valence electrons. The predicted molar refractivity (Wildman–Crippen MR) is 211 cm³/mol. The zero-order valence-corrected chi connectivity index (χ0v) is 34.4. The van der Waals surface area contributed by atoms with Crippen LogP contribution in [0, 0.1) is 62.1 Å². The second-order valence-electron chi connectivity index (χ2n) is 21.2. The van der Waals surface area contributed by atoms with Crippen LogP contribution in [-0.4, -0.2) is 47.8 Å². The number of hydrogen-bond acceptors (Lipinski definition) is 5. The predicted octanol–water partition coefficient (Wildman–Crippen LogP) is 11.0. The molecule has 0 aromatic carbocycles. The number of aliphatic hydroxyl groups excluding tert-OH is 1. The quantitative estimate of drug-likeness (QED) is 0.127. The molecule has 11 atom stereocenters. The normalized spacial score (nSPS) is 43.0. The highest BCUT2D eigenvalue weighted by Crippen LogP contribution is 2.78. The molecular weight excluding hydrogens is 629 g/mol. The highest BCUT2D eigenvalue weighted by Gasteiger charge is 2.71. The minimum absolute atomic E-state index is 0.0608. The van der Waals surface area contributed by atoms with Gasteiger partial charge in [-0.1, -0.05) is 80.7 Å². The van der Waals surface area contributed by atoms with Gasteiger partial charge in [-0.15, -0.1) is 0 Å². The Labute approximate surface area is 312 Å². The van der Waals surface area contributed by atoms with Gasteiger partial charge in [-0.2, -0.15) is 0 Å². The van der Waals surface area contributed by atoms with Gasteiger partial charge in [0.2, 0.25) is 0 Å². The van der Waals surface area contributed by atoms with Gasteiger partial charge in [-0.3, -0.25) is 4.79 Å². The Morgan fingerprint density at radius 1 is 0.882 bits per heavy atom. The van der Waals surface area contributed by atoms with E-state index in [0.717, 1.165) is 38.4 Å². The van der Waals surface area contributed by atoms with Crippen molar-refractivity contribution in [2.45, 2.75) is 164 Å². The third-order valence-electron chi connectivity index (χ3n) is 17.4. The number of esters is 1. The Hall–Kier alpha value is -1.75. The lowest BCUT2D eigenvalue weighted by molar-refractivity contribution is -0.250. The summed E-state index contributed by atoms with van der Waals surface area (Å²) in [6, 6.07) is 0.602. The smallest absolute Gasteiger partial charge is 0.306 e. The maximum absolute atomic E-state index is 13.3. The van der Waals surface area contributed by atoms with E-state index in [1.807, 2.05) is 13.8 Å². The number of carbonyl (C=O) groups is 1. The lowest BCUT2D eigenvalue weighted by Gasteiger charge is -2.73. The maximum atomic E-state index is 13.3. The van der Waals surface area contributed by atoms with Crippen LogP contribution in [0.25, 0.3) is 0 Å². The van der Waals surface area contributed by atoms with Crippen LogP contribution in [0.15, 0.2) is 36.8 Å². The molecule has 0 aromatic heterocycles. The van der Waals surface area contributed by atoms with E-state index in [2.05, 4.69) is 71.8 Å². The molecule has 1 saturated heterocycles. The average molecular weight is 705 g/mol. The van der Waals surface area contributed by atoms with E-state index in [9.17, 15) is 9.90 Å². The molecule has 6 fully saturated rings. The van der Waals surface area contributed by atoms with Gasteiger partial charge in [-0.25, -0.2) is 0 Å². The molecular formula is C46H76N2O3. The Bertz CT molecular complexity index is 1380. The van der Waals surface area contributed by atoms with Gasteiger partial charge in [0.15, 0.2) is 0 Å². The molecule has 0 spiro atoms. The lowest BCUT2D eigenvalue weighted by atomic mass is 9.32. The van der Waals surface area contributed by atoms with E-state index >= 15 is 0 Å². The first-order valence-corrected chi connectivity index (χ1v) is 21.1. The molecule has 5 nitrogen and oxygen atoms in total. The van der Waals surface area contributed by atoms with Crippen molar-refractivity contribution < 1.29 is 14.6 Å². The van der Waals surface area contributed by atoms with Crippen LogP contribution < -0.4 is 5.32 Å². The van der Waals surface area contributed by atoms with E-state index in [4.69, 9.17) is 11.3 Å². The second-order valence-corrected chi connectivity index (χ2v) is 21.2. The first kappa shape index (κ1) is 39.0. The number of nitrogens with zero attached hydrogens (tertiary/aromatic N) is 1. The number of rotatable bonds is 11. The number of likely N-dealkylation sites (tertiary alicyclic amines) is 1. The van der Waals surface area contributed by atoms with Crippen molar-refractivity contribution in [2.24, 2.45) is 62.1 Å². The van der Waals surface area contributed by atoms with Crippen molar-refractivity contribution in [1.29, 1.82) is 0 Å². The van der Waals surface area contributed by atoms with Crippen LogP contribution in [0.5, 0.6) is 0 Å². The largest absolute Gasteiger partial charge is 0.513 e. The average Bonchev–Trinajstić information content (AvgIpc) is 3.64. The van der Waals surface area contributed by atoms with Crippen molar-refractivity contribution in [3.05, 3.63) is 36.8 Å². The second kappa shape index (κ2) is 13.5. The molecule has 0 bridgehead atoms. The number of carbonyl (C=O) groups excluding carboxylic acids is 1. The van der Waals surface area contributed by atoms with Crippen molar-refractivity contribution in [2.75, 3.05) is 19.6 Å².